The van der Waals surface area contributed by atoms with Gasteiger partial charge in [-0.25, -0.2) is 0 Å². The van der Waals surface area contributed by atoms with E-state index in [4.69, 9.17) is 9.47 Å². The molecule has 3 heterocycles. The van der Waals surface area contributed by atoms with E-state index >= 15 is 0 Å². The molecule has 0 aliphatic carbocycles. The third kappa shape index (κ3) is 4.38. The molecule has 0 spiro atoms. The van der Waals surface area contributed by atoms with Gasteiger partial charge in [-0.15, -0.1) is 0 Å². The van der Waals surface area contributed by atoms with Gasteiger partial charge in [-0.3, -0.25) is 14.0 Å². The summed E-state index contributed by atoms with van der Waals surface area (Å²) >= 11 is 0. The van der Waals surface area contributed by atoms with Crippen LogP contribution in [0.2, 0.25) is 0 Å². The molecule has 8 heteroatoms. The quantitative estimate of drug-likeness (QED) is 0.456. The monoisotopic (exact) mass is 430 g/mol. The van der Waals surface area contributed by atoms with Crippen molar-refractivity contribution in [2.24, 2.45) is 0 Å². The summed E-state index contributed by atoms with van der Waals surface area (Å²) in [5.74, 6) is 0.0848. The molecule has 1 aliphatic heterocycles. The molecular weight excluding hydrogens is 408 g/mol. The Morgan fingerprint density at radius 2 is 1.97 bits per heavy atom. The highest BCUT2D eigenvalue weighted by atomic mass is 16.5. The minimum absolute atomic E-state index is 0.0337. The topological polar surface area (TPSA) is 96.9 Å². The Kier molecular flexibility index (Phi) is 6.29. The van der Waals surface area contributed by atoms with Crippen molar-refractivity contribution in [2.45, 2.75) is 13.3 Å². The molecule has 8 nitrogen and oxygen atoms in total. The van der Waals surface area contributed by atoms with Gasteiger partial charge in [-0.1, -0.05) is 25.1 Å². The lowest BCUT2D eigenvalue weighted by Gasteiger charge is -2.26. The number of benzene rings is 1. The highest BCUT2D eigenvalue weighted by Gasteiger charge is 2.23. The molecule has 1 aromatic carbocycles. The zero-order valence-electron chi connectivity index (χ0n) is 17.7. The summed E-state index contributed by atoms with van der Waals surface area (Å²) in [5.41, 5.74) is 0.984. The van der Waals surface area contributed by atoms with Crippen molar-refractivity contribution in [3.8, 4) is 17.7 Å². The van der Waals surface area contributed by atoms with Crippen LogP contribution >= 0.6 is 0 Å². The molecule has 32 heavy (non-hydrogen) atoms. The lowest BCUT2D eigenvalue weighted by atomic mass is 10.1. The van der Waals surface area contributed by atoms with Gasteiger partial charge in [0.25, 0.3) is 11.5 Å². The van der Waals surface area contributed by atoms with Crippen molar-refractivity contribution in [3.05, 3.63) is 75.7 Å². The summed E-state index contributed by atoms with van der Waals surface area (Å²) in [4.78, 5) is 32.1. The van der Waals surface area contributed by atoms with Crippen LogP contribution in [-0.2, 0) is 16.0 Å². The number of aromatic nitrogens is 2. The fraction of sp³-hybridized carbons (Fsp3) is 0.250. The van der Waals surface area contributed by atoms with Crippen molar-refractivity contribution >= 4 is 17.6 Å². The molecule has 3 aromatic rings. The van der Waals surface area contributed by atoms with Gasteiger partial charge >= 0.3 is 0 Å². The molecule has 4 rings (SSSR count). The third-order valence-electron chi connectivity index (χ3n) is 5.22. The first-order chi connectivity index (χ1) is 15.6. The van der Waals surface area contributed by atoms with E-state index in [0.717, 1.165) is 12.0 Å². The van der Waals surface area contributed by atoms with Crippen LogP contribution in [0.1, 0.15) is 18.1 Å². The molecular formula is C24H22N4O4. The number of ether oxygens (including phenoxy) is 2. The summed E-state index contributed by atoms with van der Waals surface area (Å²) in [5, 5.41) is 9.66. The van der Waals surface area contributed by atoms with Gasteiger partial charge in [0.15, 0.2) is 0 Å². The van der Waals surface area contributed by atoms with E-state index in [2.05, 4.69) is 11.9 Å². The Morgan fingerprint density at radius 3 is 2.66 bits per heavy atom. The first-order valence-corrected chi connectivity index (χ1v) is 10.4. The molecule has 162 valence electrons. The first kappa shape index (κ1) is 21.3. The minimum atomic E-state index is -0.452. The fourth-order valence-electron chi connectivity index (χ4n) is 3.41. The van der Waals surface area contributed by atoms with Gasteiger partial charge in [0.2, 0.25) is 5.88 Å². The minimum Gasteiger partial charge on any atom is -0.438 e. The van der Waals surface area contributed by atoms with Crippen molar-refractivity contribution in [2.75, 3.05) is 26.3 Å². The van der Waals surface area contributed by atoms with E-state index < -0.39 is 11.5 Å². The molecule has 1 amide bonds. The summed E-state index contributed by atoms with van der Waals surface area (Å²) in [7, 11) is 0. The molecule has 1 aliphatic rings. The number of hydrogen-bond acceptors (Lipinski definition) is 6. The summed E-state index contributed by atoms with van der Waals surface area (Å²) in [6, 6.07) is 14.5. The van der Waals surface area contributed by atoms with E-state index in [1.54, 1.807) is 36.5 Å². The number of rotatable bonds is 5. The van der Waals surface area contributed by atoms with Gasteiger partial charge in [0.05, 0.1) is 13.2 Å². The second kappa shape index (κ2) is 9.45. The van der Waals surface area contributed by atoms with Crippen LogP contribution in [0.5, 0.6) is 11.6 Å². The van der Waals surface area contributed by atoms with Crippen molar-refractivity contribution in [3.63, 3.8) is 0 Å². The molecule has 0 saturated carbocycles. The van der Waals surface area contributed by atoms with Crippen molar-refractivity contribution < 1.29 is 14.3 Å². The second-order valence-corrected chi connectivity index (χ2v) is 7.24. The van der Waals surface area contributed by atoms with Crippen molar-refractivity contribution in [1.82, 2.24) is 14.3 Å². The Morgan fingerprint density at radius 1 is 1.22 bits per heavy atom. The number of carbonyl (C=O) groups is 1. The highest BCUT2D eigenvalue weighted by Crippen LogP contribution is 2.25. The molecule has 0 bridgehead atoms. The van der Waals surface area contributed by atoms with Crippen LogP contribution in [0.4, 0.5) is 0 Å². The molecule has 0 N–H and O–H groups in total. The molecule has 1 saturated heterocycles. The Hall–Kier alpha value is -3.96. The lowest BCUT2D eigenvalue weighted by Crippen LogP contribution is -2.41. The van der Waals surface area contributed by atoms with E-state index in [0.29, 0.717) is 37.7 Å². The van der Waals surface area contributed by atoms with Crippen molar-refractivity contribution in [1.29, 1.82) is 5.26 Å². The molecule has 0 radical (unpaired) electrons. The van der Waals surface area contributed by atoms with Crippen LogP contribution < -0.4 is 10.3 Å². The van der Waals surface area contributed by atoms with Gasteiger partial charge in [-0.05, 0) is 42.3 Å². The number of nitriles is 1. The number of hydrogen-bond donors (Lipinski definition) is 0. The smallest absolute Gasteiger partial charge is 0.269 e. The Balaban J connectivity index is 1.80. The van der Waals surface area contributed by atoms with Crippen LogP contribution in [0.3, 0.4) is 0 Å². The van der Waals surface area contributed by atoms with Gasteiger partial charge in [0.1, 0.15) is 28.6 Å². The number of pyridine rings is 1. The zero-order chi connectivity index (χ0) is 22.5. The fourth-order valence-corrected chi connectivity index (χ4v) is 3.41. The van der Waals surface area contributed by atoms with E-state index in [-0.39, 0.29) is 17.0 Å². The number of aryl methyl sites for hydroxylation is 1. The largest absolute Gasteiger partial charge is 0.438 e. The van der Waals surface area contributed by atoms with Crippen LogP contribution in [-0.4, -0.2) is 46.5 Å². The third-order valence-corrected chi connectivity index (χ3v) is 5.22. The predicted octanol–water partition coefficient (Wildman–Crippen LogP) is 2.81. The number of fused-ring (bicyclic) bond motifs is 1. The van der Waals surface area contributed by atoms with Gasteiger partial charge < -0.3 is 14.4 Å². The molecule has 0 unspecified atom stereocenters. The van der Waals surface area contributed by atoms with Crippen LogP contribution in [0.15, 0.2) is 59.0 Å². The maximum Gasteiger partial charge on any atom is 0.269 e. The van der Waals surface area contributed by atoms with Gasteiger partial charge in [-0.2, -0.15) is 10.2 Å². The predicted molar refractivity (Wildman–Crippen MR) is 118 cm³/mol. The maximum absolute atomic E-state index is 13.2. The Labute approximate surface area is 184 Å². The van der Waals surface area contributed by atoms with E-state index in [1.165, 1.54) is 15.4 Å². The Bertz CT molecular complexity index is 1270. The average molecular weight is 430 g/mol. The second-order valence-electron chi connectivity index (χ2n) is 7.24. The molecule has 0 atom stereocenters. The van der Waals surface area contributed by atoms with E-state index in [9.17, 15) is 14.9 Å². The van der Waals surface area contributed by atoms with Gasteiger partial charge in [0, 0.05) is 19.3 Å². The summed E-state index contributed by atoms with van der Waals surface area (Å²) in [6.45, 7) is 3.65. The lowest BCUT2D eigenvalue weighted by molar-refractivity contribution is -0.130. The summed E-state index contributed by atoms with van der Waals surface area (Å²) < 4.78 is 12.6. The molecule has 2 aromatic heterocycles. The summed E-state index contributed by atoms with van der Waals surface area (Å²) in [6.07, 6.45) is 3.74. The van der Waals surface area contributed by atoms with E-state index in [1.807, 2.05) is 18.2 Å². The number of carbonyl (C=O) groups excluding carboxylic acids is 1. The maximum atomic E-state index is 13.2. The normalized spacial score (nSPS) is 14.2. The molecule has 1 fully saturated rings. The number of nitrogens with zero attached hydrogens (tertiary/aromatic N) is 4. The SMILES string of the molecule is CCc1ccc(Oc2nc3ccccn3c(=O)c2/C=C(\C#N)C(=O)N2CCOCC2)cc1. The highest BCUT2D eigenvalue weighted by molar-refractivity contribution is 6.02. The van der Waals surface area contributed by atoms with Crippen LogP contribution in [0.25, 0.3) is 11.7 Å². The average Bonchev–Trinajstić information content (AvgIpc) is 2.84. The number of morpholine rings is 1. The van der Waals surface area contributed by atoms with Crippen LogP contribution in [0, 0.1) is 11.3 Å². The zero-order valence-corrected chi connectivity index (χ0v) is 17.7. The first-order valence-electron chi connectivity index (χ1n) is 10.4. The standard InChI is InChI=1S/C24H22N4O4/c1-2-17-6-8-19(9-7-17)32-22-20(24(30)28-10-4-3-5-21(28)26-22)15-18(16-25)23(29)27-11-13-31-14-12-27/h3-10,15H,2,11-14H2,1H3/b18-15+. The number of amides is 1.